The maximum absolute atomic E-state index is 13.4. The third kappa shape index (κ3) is 3.12. The zero-order chi connectivity index (χ0) is 24.1. The van der Waals surface area contributed by atoms with E-state index in [1.54, 1.807) is 36.6 Å². The monoisotopic (exact) mass is 462 g/mol. The smallest absolute Gasteiger partial charge is 0.373 e. The number of carbonyl (C=O) groups excluding carboxylic acids is 2. The van der Waals surface area contributed by atoms with Gasteiger partial charge in [-0.05, 0) is 42.5 Å². The zero-order valence-electron chi connectivity index (χ0n) is 19.3. The number of benzene rings is 1. The SMILES string of the molecule is CC12CCC(C(=O)NCc3ccco3)(CC1=NOC(=O)c1cc3ccccc3oc1=O)C2(C)C. The van der Waals surface area contributed by atoms with Gasteiger partial charge >= 0.3 is 11.6 Å². The molecule has 2 fully saturated rings. The fourth-order valence-electron chi connectivity index (χ4n) is 5.62. The number of amides is 1. The Labute approximate surface area is 195 Å². The molecule has 2 saturated carbocycles. The molecule has 34 heavy (non-hydrogen) atoms. The van der Waals surface area contributed by atoms with E-state index in [0.717, 1.165) is 6.42 Å². The van der Waals surface area contributed by atoms with E-state index in [-0.39, 0.29) is 11.5 Å². The summed E-state index contributed by atoms with van der Waals surface area (Å²) in [7, 11) is 0. The lowest BCUT2D eigenvalue weighted by Gasteiger charge is -2.39. The van der Waals surface area contributed by atoms with Crippen LogP contribution in [0.15, 0.2) is 67.5 Å². The Morgan fingerprint density at radius 3 is 2.68 bits per heavy atom. The van der Waals surface area contributed by atoms with Crippen LogP contribution in [0.2, 0.25) is 0 Å². The Bertz CT molecular complexity index is 1370. The maximum atomic E-state index is 13.4. The van der Waals surface area contributed by atoms with Crippen molar-refractivity contribution in [1.82, 2.24) is 5.32 Å². The standard InChI is InChI=1S/C26H26N2O6/c1-24(2)25(3)10-11-26(24,23(31)27-15-17-8-6-12-32-17)14-20(25)28-34-22(30)18-13-16-7-4-5-9-19(16)33-21(18)29/h4-9,12-13H,10-11,14-15H2,1-3H3,(H,27,31). The molecule has 0 spiro atoms. The molecule has 1 aromatic carbocycles. The Morgan fingerprint density at radius 1 is 1.12 bits per heavy atom. The van der Waals surface area contributed by atoms with Gasteiger partial charge in [0.05, 0.1) is 23.9 Å². The molecule has 2 atom stereocenters. The van der Waals surface area contributed by atoms with Gasteiger partial charge < -0.3 is 19.0 Å². The fraction of sp³-hybridized carbons (Fsp3) is 0.385. The van der Waals surface area contributed by atoms with Crippen molar-refractivity contribution in [2.24, 2.45) is 21.4 Å². The van der Waals surface area contributed by atoms with Gasteiger partial charge in [-0.15, -0.1) is 0 Å². The van der Waals surface area contributed by atoms with E-state index in [1.807, 2.05) is 6.07 Å². The minimum Gasteiger partial charge on any atom is -0.467 e. The van der Waals surface area contributed by atoms with E-state index in [0.29, 0.717) is 41.8 Å². The van der Waals surface area contributed by atoms with Crippen LogP contribution in [0.5, 0.6) is 0 Å². The summed E-state index contributed by atoms with van der Waals surface area (Å²) in [6.45, 7) is 6.49. The third-order valence-corrected chi connectivity index (χ3v) is 8.27. The van der Waals surface area contributed by atoms with Crippen LogP contribution in [-0.4, -0.2) is 17.6 Å². The van der Waals surface area contributed by atoms with Crippen molar-refractivity contribution in [1.29, 1.82) is 0 Å². The minimum absolute atomic E-state index is 0.0654. The summed E-state index contributed by atoms with van der Waals surface area (Å²) in [5.74, 6) is -0.268. The first-order chi connectivity index (χ1) is 16.2. The maximum Gasteiger partial charge on any atom is 0.373 e. The van der Waals surface area contributed by atoms with E-state index in [1.165, 1.54) is 6.07 Å². The van der Waals surface area contributed by atoms with Crippen LogP contribution in [-0.2, 0) is 16.2 Å². The second kappa shape index (κ2) is 7.68. The number of fused-ring (bicyclic) bond motifs is 3. The summed E-state index contributed by atoms with van der Waals surface area (Å²) in [5, 5.41) is 7.81. The number of para-hydroxylation sites is 1. The molecule has 176 valence electrons. The molecule has 1 N–H and O–H groups in total. The van der Waals surface area contributed by atoms with Crippen molar-refractivity contribution >= 4 is 28.6 Å². The van der Waals surface area contributed by atoms with Crippen LogP contribution in [0, 0.1) is 16.2 Å². The molecule has 0 saturated heterocycles. The molecule has 8 heteroatoms. The van der Waals surface area contributed by atoms with Crippen molar-refractivity contribution in [3.05, 3.63) is 70.5 Å². The molecule has 2 unspecified atom stereocenters. The van der Waals surface area contributed by atoms with Crippen LogP contribution in [0.1, 0.15) is 56.2 Å². The van der Waals surface area contributed by atoms with Crippen LogP contribution in [0.3, 0.4) is 0 Å². The number of oxime groups is 1. The zero-order valence-corrected chi connectivity index (χ0v) is 19.3. The van der Waals surface area contributed by atoms with Gasteiger partial charge in [0.2, 0.25) is 5.91 Å². The molecule has 8 nitrogen and oxygen atoms in total. The number of hydrogen-bond donors (Lipinski definition) is 1. The van der Waals surface area contributed by atoms with Gasteiger partial charge in [0.15, 0.2) is 0 Å². The normalized spacial score (nSPS) is 26.1. The number of nitrogens with one attached hydrogen (secondary N) is 1. The van der Waals surface area contributed by atoms with Crippen molar-refractivity contribution in [3.63, 3.8) is 0 Å². The predicted octanol–water partition coefficient (Wildman–Crippen LogP) is 4.43. The molecular formula is C26H26N2O6. The van der Waals surface area contributed by atoms with Crippen molar-refractivity contribution in [2.45, 2.75) is 46.6 Å². The fourth-order valence-corrected chi connectivity index (χ4v) is 5.62. The molecule has 2 aromatic heterocycles. The first-order valence-corrected chi connectivity index (χ1v) is 11.3. The topological polar surface area (TPSA) is 111 Å². The average Bonchev–Trinajstić information content (AvgIpc) is 3.45. The summed E-state index contributed by atoms with van der Waals surface area (Å²) < 4.78 is 10.6. The molecule has 2 aliphatic rings. The number of rotatable bonds is 5. The number of hydrogen-bond acceptors (Lipinski definition) is 7. The van der Waals surface area contributed by atoms with E-state index in [2.05, 4.69) is 31.2 Å². The number of nitrogens with zero attached hydrogens (tertiary/aromatic N) is 1. The second-order valence-electron chi connectivity index (χ2n) is 9.88. The summed E-state index contributed by atoms with van der Waals surface area (Å²) in [4.78, 5) is 43.6. The van der Waals surface area contributed by atoms with E-state index in [4.69, 9.17) is 13.7 Å². The molecule has 3 aromatic rings. The molecule has 2 heterocycles. The highest BCUT2D eigenvalue weighted by Gasteiger charge is 2.71. The van der Waals surface area contributed by atoms with E-state index < -0.39 is 27.8 Å². The van der Waals surface area contributed by atoms with Crippen molar-refractivity contribution in [2.75, 3.05) is 0 Å². The van der Waals surface area contributed by atoms with Crippen LogP contribution in [0.25, 0.3) is 11.0 Å². The van der Waals surface area contributed by atoms with Gasteiger partial charge in [0, 0.05) is 17.2 Å². The second-order valence-corrected chi connectivity index (χ2v) is 9.88. The summed E-state index contributed by atoms with van der Waals surface area (Å²) in [5.41, 5.74) is -1.49. The molecule has 0 aliphatic heterocycles. The van der Waals surface area contributed by atoms with Gasteiger partial charge in [-0.25, -0.2) is 9.59 Å². The van der Waals surface area contributed by atoms with Gasteiger partial charge in [-0.3, -0.25) is 4.79 Å². The quantitative estimate of drug-likeness (QED) is 0.341. The highest BCUT2D eigenvalue weighted by atomic mass is 16.7. The van der Waals surface area contributed by atoms with E-state index >= 15 is 0 Å². The van der Waals surface area contributed by atoms with Crippen LogP contribution >= 0.6 is 0 Å². The molecule has 5 rings (SSSR count). The van der Waals surface area contributed by atoms with Gasteiger partial charge in [-0.2, -0.15) is 0 Å². The Balaban J connectivity index is 1.39. The predicted molar refractivity (Wildman–Crippen MR) is 124 cm³/mol. The Kier molecular flexibility index (Phi) is 5.00. The lowest BCUT2D eigenvalue weighted by atomic mass is 9.64. The highest BCUT2D eigenvalue weighted by Crippen LogP contribution is 2.71. The molecule has 1 amide bonds. The van der Waals surface area contributed by atoms with Crippen molar-refractivity contribution in [3.8, 4) is 0 Å². The summed E-state index contributed by atoms with van der Waals surface area (Å²) in [6, 6.07) is 12.0. The highest BCUT2D eigenvalue weighted by molar-refractivity contribution is 6.03. The minimum atomic E-state index is -0.882. The number of furan rings is 1. The lowest BCUT2D eigenvalue weighted by Crippen LogP contribution is -2.46. The van der Waals surface area contributed by atoms with Gasteiger partial charge in [0.1, 0.15) is 16.9 Å². The summed E-state index contributed by atoms with van der Waals surface area (Å²) >= 11 is 0. The molecular weight excluding hydrogens is 436 g/mol. The Hall–Kier alpha value is -3.68. The molecule has 2 aliphatic carbocycles. The van der Waals surface area contributed by atoms with Crippen LogP contribution in [0.4, 0.5) is 0 Å². The number of carbonyl (C=O) groups is 2. The lowest BCUT2D eigenvalue weighted by molar-refractivity contribution is -0.136. The van der Waals surface area contributed by atoms with Gasteiger partial charge in [-0.1, -0.05) is 44.1 Å². The third-order valence-electron chi connectivity index (χ3n) is 8.27. The van der Waals surface area contributed by atoms with Crippen LogP contribution < -0.4 is 10.9 Å². The largest absolute Gasteiger partial charge is 0.467 e. The molecule has 2 bridgehead atoms. The summed E-state index contributed by atoms with van der Waals surface area (Å²) in [6.07, 6.45) is 3.39. The first-order valence-electron chi connectivity index (χ1n) is 11.3. The van der Waals surface area contributed by atoms with Gasteiger partial charge in [0.25, 0.3) is 0 Å². The first kappa shape index (κ1) is 22.1. The average molecular weight is 463 g/mol. The Morgan fingerprint density at radius 2 is 1.91 bits per heavy atom. The van der Waals surface area contributed by atoms with E-state index in [9.17, 15) is 14.4 Å². The molecule has 0 radical (unpaired) electrons. The van der Waals surface area contributed by atoms with Crippen molar-refractivity contribution < 1.29 is 23.3 Å².